The van der Waals surface area contributed by atoms with E-state index in [0.29, 0.717) is 0 Å². The average Bonchev–Trinajstić information content (AvgIpc) is 2.16. The molecule has 0 unspecified atom stereocenters. The molecule has 2 nitrogen and oxygen atoms in total. The van der Waals surface area contributed by atoms with Crippen molar-refractivity contribution in [1.82, 2.24) is 4.98 Å². The Morgan fingerprint density at radius 1 is 1.11 bits per heavy atom. The van der Waals surface area contributed by atoms with Gasteiger partial charge in [-0.3, -0.25) is 0 Å². The standard InChI is InChI=1S/C8H2F8INO/c9-5(10)3-1-2(7(11,12)13)4(17)6(18-3)19-8(14,15)16/h1,5H. The highest BCUT2D eigenvalue weighted by Crippen LogP contribution is 2.39. The fourth-order valence-electron chi connectivity index (χ4n) is 1.02. The number of hydrogen-bond donors (Lipinski definition) is 0. The van der Waals surface area contributed by atoms with Crippen LogP contribution in [0.1, 0.15) is 17.7 Å². The summed E-state index contributed by atoms with van der Waals surface area (Å²) in [5, 5.41) is 0. The summed E-state index contributed by atoms with van der Waals surface area (Å²) in [4.78, 5) is 2.73. The maximum Gasteiger partial charge on any atom is 0.574 e. The van der Waals surface area contributed by atoms with Crippen LogP contribution < -0.4 is 4.74 Å². The predicted molar refractivity (Wildman–Crippen MR) is 53.6 cm³/mol. The molecule has 0 saturated heterocycles. The first kappa shape index (κ1) is 16.2. The van der Waals surface area contributed by atoms with Gasteiger partial charge in [-0.05, 0) is 28.7 Å². The van der Waals surface area contributed by atoms with Crippen LogP contribution in [0.5, 0.6) is 5.88 Å². The number of hydrogen-bond acceptors (Lipinski definition) is 2. The lowest BCUT2D eigenvalue weighted by molar-refractivity contribution is -0.276. The SMILES string of the molecule is FC(F)c1cc(C(F)(F)F)c(I)c(OC(F)(F)F)n1. The van der Waals surface area contributed by atoms with Crippen LogP contribution in [0.2, 0.25) is 0 Å². The number of nitrogens with zero attached hydrogens (tertiary/aromatic N) is 1. The van der Waals surface area contributed by atoms with E-state index in [-0.39, 0.29) is 6.07 Å². The molecule has 0 saturated carbocycles. The van der Waals surface area contributed by atoms with E-state index in [4.69, 9.17) is 0 Å². The Bertz CT molecular complexity index is 469. The Balaban J connectivity index is 3.42. The third kappa shape index (κ3) is 4.31. The molecule has 11 heteroatoms. The van der Waals surface area contributed by atoms with Gasteiger partial charge >= 0.3 is 12.5 Å². The third-order valence-corrected chi connectivity index (χ3v) is 2.73. The molecule has 0 radical (unpaired) electrons. The van der Waals surface area contributed by atoms with E-state index in [1.165, 1.54) is 0 Å². The summed E-state index contributed by atoms with van der Waals surface area (Å²) in [6.07, 6.45) is -13.9. The molecule has 0 fully saturated rings. The fourth-order valence-corrected chi connectivity index (χ4v) is 1.71. The zero-order valence-corrected chi connectivity index (χ0v) is 10.6. The summed E-state index contributed by atoms with van der Waals surface area (Å²) in [5.74, 6) is -1.56. The van der Waals surface area contributed by atoms with Gasteiger partial charge in [0.25, 0.3) is 6.43 Å². The van der Waals surface area contributed by atoms with E-state index in [2.05, 4.69) is 9.72 Å². The summed E-state index contributed by atoms with van der Waals surface area (Å²) in [7, 11) is 0. The fraction of sp³-hybridized carbons (Fsp3) is 0.375. The van der Waals surface area contributed by atoms with Gasteiger partial charge in [-0.1, -0.05) is 0 Å². The largest absolute Gasteiger partial charge is 0.574 e. The van der Waals surface area contributed by atoms with Crippen molar-refractivity contribution in [3.8, 4) is 5.88 Å². The van der Waals surface area contributed by atoms with Crippen LogP contribution in [-0.4, -0.2) is 11.3 Å². The predicted octanol–water partition coefficient (Wildman–Crippen LogP) is 4.54. The van der Waals surface area contributed by atoms with E-state index < -0.39 is 39.7 Å². The minimum Gasteiger partial charge on any atom is -0.387 e. The second-order valence-corrected chi connectivity index (χ2v) is 4.14. The van der Waals surface area contributed by atoms with Crippen LogP contribution in [0.15, 0.2) is 6.07 Å². The molecular formula is C8H2F8INO. The van der Waals surface area contributed by atoms with E-state index in [1.54, 1.807) is 0 Å². The summed E-state index contributed by atoms with van der Waals surface area (Å²) in [6.45, 7) is 0. The van der Waals surface area contributed by atoms with Crippen LogP contribution >= 0.6 is 22.6 Å². The zero-order valence-electron chi connectivity index (χ0n) is 8.41. The van der Waals surface area contributed by atoms with Gasteiger partial charge in [0.15, 0.2) is 0 Å². The van der Waals surface area contributed by atoms with Gasteiger partial charge in [0.1, 0.15) is 5.69 Å². The Labute approximate surface area is 113 Å². The van der Waals surface area contributed by atoms with Gasteiger partial charge < -0.3 is 4.74 Å². The van der Waals surface area contributed by atoms with E-state index in [0.717, 1.165) is 22.6 Å². The zero-order chi connectivity index (χ0) is 15.0. The molecule has 0 bridgehead atoms. The van der Waals surface area contributed by atoms with Crippen molar-refractivity contribution in [2.75, 3.05) is 0 Å². The number of halogens is 9. The molecule has 0 aliphatic carbocycles. The Kier molecular flexibility index (Phi) is 4.47. The van der Waals surface area contributed by atoms with Crippen LogP contribution in [0, 0.1) is 3.57 Å². The van der Waals surface area contributed by atoms with Gasteiger partial charge in [-0.25, -0.2) is 13.8 Å². The molecular weight excluding hydrogens is 405 g/mol. The second-order valence-electron chi connectivity index (χ2n) is 3.06. The molecule has 108 valence electrons. The van der Waals surface area contributed by atoms with Crippen molar-refractivity contribution in [2.24, 2.45) is 0 Å². The van der Waals surface area contributed by atoms with Crippen molar-refractivity contribution >= 4 is 22.6 Å². The van der Waals surface area contributed by atoms with Crippen molar-refractivity contribution in [3.63, 3.8) is 0 Å². The molecule has 0 amide bonds. The lowest BCUT2D eigenvalue weighted by Gasteiger charge is -2.15. The number of pyridine rings is 1. The first-order valence-electron chi connectivity index (χ1n) is 4.23. The topological polar surface area (TPSA) is 22.1 Å². The minimum absolute atomic E-state index is 0.0182. The normalized spacial score (nSPS) is 12.9. The molecule has 1 aromatic rings. The molecule has 1 heterocycles. The van der Waals surface area contributed by atoms with Gasteiger partial charge in [-0.2, -0.15) is 13.2 Å². The van der Waals surface area contributed by atoms with Crippen LogP contribution in [-0.2, 0) is 6.18 Å². The van der Waals surface area contributed by atoms with Gasteiger partial charge in [0.2, 0.25) is 5.88 Å². The lowest BCUT2D eigenvalue weighted by Crippen LogP contribution is -2.21. The third-order valence-electron chi connectivity index (χ3n) is 1.69. The van der Waals surface area contributed by atoms with Crippen molar-refractivity contribution in [1.29, 1.82) is 0 Å². The summed E-state index contributed by atoms with van der Waals surface area (Å²) < 4.78 is 100. The van der Waals surface area contributed by atoms with E-state index in [1.807, 2.05) is 0 Å². The number of aromatic nitrogens is 1. The number of ether oxygens (including phenoxy) is 1. The Hall–Kier alpha value is -0.880. The first-order chi connectivity index (χ1) is 8.42. The summed E-state index contributed by atoms with van der Waals surface area (Å²) in [5.41, 5.74) is -3.12. The van der Waals surface area contributed by atoms with Gasteiger partial charge in [0, 0.05) is 0 Å². The van der Waals surface area contributed by atoms with E-state index in [9.17, 15) is 35.1 Å². The summed E-state index contributed by atoms with van der Waals surface area (Å²) >= 11 is 0.894. The first-order valence-corrected chi connectivity index (χ1v) is 5.31. The maximum atomic E-state index is 12.5. The highest BCUT2D eigenvalue weighted by atomic mass is 127. The number of alkyl halides is 8. The van der Waals surface area contributed by atoms with Crippen molar-refractivity contribution in [3.05, 3.63) is 20.9 Å². The smallest absolute Gasteiger partial charge is 0.387 e. The molecule has 0 aliphatic rings. The van der Waals surface area contributed by atoms with Crippen LogP contribution in [0.4, 0.5) is 35.1 Å². The minimum atomic E-state index is -5.34. The number of rotatable bonds is 2. The Morgan fingerprint density at radius 2 is 1.63 bits per heavy atom. The molecule has 1 aromatic heterocycles. The monoisotopic (exact) mass is 407 g/mol. The van der Waals surface area contributed by atoms with Gasteiger partial charge in [-0.15, -0.1) is 13.2 Å². The molecule has 1 rings (SSSR count). The molecule has 0 atom stereocenters. The Morgan fingerprint density at radius 3 is 2.00 bits per heavy atom. The van der Waals surface area contributed by atoms with Crippen molar-refractivity contribution < 1.29 is 39.9 Å². The van der Waals surface area contributed by atoms with Crippen LogP contribution in [0.3, 0.4) is 0 Å². The van der Waals surface area contributed by atoms with Crippen molar-refractivity contribution in [2.45, 2.75) is 19.0 Å². The molecule has 19 heavy (non-hydrogen) atoms. The molecule has 0 spiro atoms. The molecule has 0 aromatic carbocycles. The lowest BCUT2D eigenvalue weighted by atomic mass is 10.2. The highest BCUT2D eigenvalue weighted by Gasteiger charge is 2.39. The van der Waals surface area contributed by atoms with Gasteiger partial charge in [0.05, 0.1) is 9.13 Å². The summed E-state index contributed by atoms with van der Waals surface area (Å²) in [6, 6.07) is -0.0182. The van der Waals surface area contributed by atoms with E-state index >= 15 is 0 Å². The maximum absolute atomic E-state index is 12.5. The molecule has 0 N–H and O–H groups in total. The molecule has 0 aliphatic heterocycles. The average molecular weight is 407 g/mol. The quantitative estimate of drug-likeness (QED) is 0.531. The van der Waals surface area contributed by atoms with Crippen LogP contribution in [0.25, 0.3) is 0 Å². The highest BCUT2D eigenvalue weighted by molar-refractivity contribution is 14.1. The second kappa shape index (κ2) is 5.25.